The van der Waals surface area contributed by atoms with E-state index in [0.29, 0.717) is 0 Å². The Labute approximate surface area is 91.4 Å². The molecule has 15 heavy (non-hydrogen) atoms. The molecule has 1 atom stereocenters. The van der Waals surface area contributed by atoms with Crippen molar-refractivity contribution < 1.29 is 0 Å². The molecule has 0 radical (unpaired) electrons. The molecule has 2 rings (SSSR count). The highest BCUT2D eigenvalue weighted by Crippen LogP contribution is 2.16. The van der Waals surface area contributed by atoms with E-state index in [4.69, 9.17) is 0 Å². The van der Waals surface area contributed by atoms with Gasteiger partial charge in [-0.05, 0) is 43.4 Å². The molecule has 1 aromatic rings. The van der Waals surface area contributed by atoms with Crippen molar-refractivity contribution in [2.45, 2.75) is 25.8 Å². The molecule has 0 spiro atoms. The van der Waals surface area contributed by atoms with Crippen LogP contribution in [0.25, 0.3) is 0 Å². The van der Waals surface area contributed by atoms with Gasteiger partial charge >= 0.3 is 0 Å². The minimum atomic E-state index is 0.826. The van der Waals surface area contributed by atoms with Crippen molar-refractivity contribution in [3.63, 3.8) is 0 Å². The molecule has 0 amide bonds. The summed E-state index contributed by atoms with van der Waals surface area (Å²) in [5, 5.41) is 3.50. The van der Waals surface area contributed by atoms with Crippen molar-refractivity contribution in [3.8, 4) is 0 Å². The van der Waals surface area contributed by atoms with Gasteiger partial charge in [-0.15, -0.1) is 0 Å². The molecular formula is C13H18N2. The zero-order valence-electron chi connectivity index (χ0n) is 9.02. The molecule has 1 aliphatic carbocycles. The highest BCUT2D eigenvalue weighted by atomic mass is 14.9. The van der Waals surface area contributed by atoms with Crippen molar-refractivity contribution in [2.24, 2.45) is 5.92 Å². The van der Waals surface area contributed by atoms with Crippen molar-refractivity contribution in [1.29, 1.82) is 0 Å². The van der Waals surface area contributed by atoms with Gasteiger partial charge < -0.3 is 5.32 Å². The number of nitrogens with zero attached hydrogens (tertiary/aromatic N) is 1. The van der Waals surface area contributed by atoms with Crippen molar-refractivity contribution in [2.75, 3.05) is 6.54 Å². The first kappa shape index (κ1) is 10.4. The number of allylic oxidation sites excluding steroid dienone is 2. The number of hydrogen-bond donors (Lipinski definition) is 1. The monoisotopic (exact) mass is 202 g/mol. The van der Waals surface area contributed by atoms with E-state index >= 15 is 0 Å². The van der Waals surface area contributed by atoms with Crippen LogP contribution in [0.1, 0.15) is 24.8 Å². The summed E-state index contributed by atoms with van der Waals surface area (Å²) in [4.78, 5) is 4.10. The minimum absolute atomic E-state index is 0.826. The van der Waals surface area contributed by atoms with E-state index in [0.717, 1.165) is 19.0 Å². The zero-order valence-corrected chi connectivity index (χ0v) is 9.02. The van der Waals surface area contributed by atoms with Crippen LogP contribution in [-0.2, 0) is 6.54 Å². The predicted octanol–water partition coefficient (Wildman–Crippen LogP) is 2.53. The highest BCUT2D eigenvalue weighted by molar-refractivity contribution is 5.07. The fourth-order valence-electron chi connectivity index (χ4n) is 1.97. The summed E-state index contributed by atoms with van der Waals surface area (Å²) < 4.78 is 0. The zero-order chi connectivity index (χ0) is 10.3. The number of nitrogens with one attached hydrogen (secondary N) is 1. The number of rotatable bonds is 4. The SMILES string of the molecule is C1=CC[C@@H](CNCc2cccnc2)CC1. The Balaban J connectivity index is 1.68. The molecule has 1 heterocycles. The quantitative estimate of drug-likeness (QED) is 0.759. The fraction of sp³-hybridized carbons (Fsp3) is 0.462. The van der Waals surface area contributed by atoms with Gasteiger partial charge in [-0.3, -0.25) is 4.98 Å². The molecule has 1 aliphatic rings. The third-order valence-corrected chi connectivity index (χ3v) is 2.86. The van der Waals surface area contributed by atoms with Gasteiger partial charge in [0.05, 0.1) is 0 Å². The first-order valence-corrected chi connectivity index (χ1v) is 5.70. The molecule has 0 aromatic carbocycles. The van der Waals surface area contributed by atoms with Crippen LogP contribution in [0, 0.1) is 5.92 Å². The lowest BCUT2D eigenvalue weighted by atomic mass is 9.94. The summed E-state index contributed by atoms with van der Waals surface area (Å²) in [7, 11) is 0. The first-order chi connectivity index (χ1) is 7.45. The molecule has 1 N–H and O–H groups in total. The van der Waals surface area contributed by atoms with Gasteiger partial charge in [0.25, 0.3) is 0 Å². The molecule has 2 nitrogen and oxygen atoms in total. The summed E-state index contributed by atoms with van der Waals surface area (Å²) in [5.41, 5.74) is 1.27. The Hall–Kier alpha value is -1.15. The van der Waals surface area contributed by atoms with Gasteiger partial charge in [0.15, 0.2) is 0 Å². The highest BCUT2D eigenvalue weighted by Gasteiger charge is 2.08. The summed E-state index contributed by atoms with van der Waals surface area (Å²) in [6.45, 7) is 2.06. The van der Waals surface area contributed by atoms with Crippen LogP contribution in [0.5, 0.6) is 0 Å². The Morgan fingerprint density at radius 3 is 3.13 bits per heavy atom. The molecule has 2 heteroatoms. The second-order valence-corrected chi connectivity index (χ2v) is 4.14. The van der Waals surface area contributed by atoms with Gasteiger partial charge in [0.2, 0.25) is 0 Å². The van der Waals surface area contributed by atoms with Crippen molar-refractivity contribution >= 4 is 0 Å². The molecule has 0 saturated heterocycles. The molecular weight excluding hydrogens is 184 g/mol. The molecule has 0 saturated carbocycles. The maximum atomic E-state index is 4.10. The van der Waals surface area contributed by atoms with E-state index in [1.807, 2.05) is 18.5 Å². The second-order valence-electron chi connectivity index (χ2n) is 4.14. The topological polar surface area (TPSA) is 24.9 Å². The van der Waals surface area contributed by atoms with Crippen LogP contribution in [-0.4, -0.2) is 11.5 Å². The van der Waals surface area contributed by atoms with Crippen LogP contribution < -0.4 is 5.32 Å². The number of hydrogen-bond acceptors (Lipinski definition) is 2. The molecule has 0 aliphatic heterocycles. The van der Waals surface area contributed by atoms with Crippen LogP contribution in [0.2, 0.25) is 0 Å². The lowest BCUT2D eigenvalue weighted by Crippen LogP contribution is -2.23. The lowest BCUT2D eigenvalue weighted by Gasteiger charge is -2.18. The van der Waals surface area contributed by atoms with E-state index in [2.05, 4.69) is 28.5 Å². The second kappa shape index (κ2) is 5.66. The summed E-state index contributed by atoms with van der Waals surface area (Å²) >= 11 is 0. The average Bonchev–Trinajstić information content (AvgIpc) is 2.32. The van der Waals surface area contributed by atoms with Gasteiger partial charge in [-0.2, -0.15) is 0 Å². The minimum Gasteiger partial charge on any atom is -0.312 e. The molecule has 80 valence electrons. The summed E-state index contributed by atoms with van der Waals surface area (Å²) in [5.74, 6) is 0.826. The molecule has 0 fully saturated rings. The predicted molar refractivity (Wildman–Crippen MR) is 62.4 cm³/mol. The summed E-state index contributed by atoms with van der Waals surface area (Å²) in [6, 6.07) is 4.10. The van der Waals surface area contributed by atoms with Crippen molar-refractivity contribution in [1.82, 2.24) is 10.3 Å². The normalized spacial score (nSPS) is 20.4. The number of aromatic nitrogens is 1. The molecule has 0 bridgehead atoms. The third kappa shape index (κ3) is 3.48. The fourth-order valence-corrected chi connectivity index (χ4v) is 1.97. The Bertz CT molecular complexity index is 306. The maximum absolute atomic E-state index is 4.10. The van der Waals surface area contributed by atoms with Crippen LogP contribution in [0.4, 0.5) is 0 Å². The largest absolute Gasteiger partial charge is 0.312 e. The molecule has 1 aromatic heterocycles. The van der Waals surface area contributed by atoms with Gasteiger partial charge in [0, 0.05) is 18.9 Å². The van der Waals surface area contributed by atoms with Crippen LogP contribution in [0.3, 0.4) is 0 Å². The van der Waals surface area contributed by atoms with E-state index in [-0.39, 0.29) is 0 Å². The van der Waals surface area contributed by atoms with Crippen LogP contribution >= 0.6 is 0 Å². The van der Waals surface area contributed by atoms with Crippen LogP contribution in [0.15, 0.2) is 36.7 Å². The number of pyridine rings is 1. The maximum Gasteiger partial charge on any atom is 0.0312 e. The standard InChI is InChI=1S/C13H18N2/c1-2-5-12(6-3-1)9-15-11-13-7-4-8-14-10-13/h1-2,4,7-8,10,12,15H,3,5-6,9,11H2/t12-/m1/s1. The van der Waals surface area contributed by atoms with Crippen molar-refractivity contribution in [3.05, 3.63) is 42.2 Å². The average molecular weight is 202 g/mol. The Kier molecular flexibility index (Phi) is 3.92. The summed E-state index contributed by atoms with van der Waals surface area (Å²) in [6.07, 6.45) is 12.1. The Morgan fingerprint density at radius 2 is 2.40 bits per heavy atom. The molecule has 0 unspecified atom stereocenters. The smallest absolute Gasteiger partial charge is 0.0312 e. The van der Waals surface area contributed by atoms with Gasteiger partial charge in [-0.25, -0.2) is 0 Å². The lowest BCUT2D eigenvalue weighted by molar-refractivity contribution is 0.440. The van der Waals surface area contributed by atoms with E-state index in [1.165, 1.54) is 24.8 Å². The van der Waals surface area contributed by atoms with Gasteiger partial charge in [0.1, 0.15) is 0 Å². The third-order valence-electron chi connectivity index (χ3n) is 2.86. The van der Waals surface area contributed by atoms with E-state index in [9.17, 15) is 0 Å². The van der Waals surface area contributed by atoms with E-state index < -0.39 is 0 Å². The Morgan fingerprint density at radius 1 is 1.40 bits per heavy atom. The van der Waals surface area contributed by atoms with E-state index in [1.54, 1.807) is 0 Å². The first-order valence-electron chi connectivity index (χ1n) is 5.70. The van der Waals surface area contributed by atoms with Gasteiger partial charge in [-0.1, -0.05) is 18.2 Å².